The van der Waals surface area contributed by atoms with Gasteiger partial charge in [0.05, 0.1) is 12.2 Å². The average molecular weight is 312 g/mol. The second kappa shape index (κ2) is 9.83. The fourth-order valence-electron chi connectivity index (χ4n) is 2.52. The minimum atomic E-state index is 0.0545. The fraction of sp³-hybridized carbons (Fsp3) is 0.381. The molecule has 1 atom stereocenters. The second-order valence-electron chi connectivity index (χ2n) is 5.61. The number of carbonyl (C=O) groups is 1. The van der Waals surface area contributed by atoms with Crippen LogP contribution in [0.4, 0.5) is 0 Å². The maximum atomic E-state index is 11.7. The lowest BCUT2D eigenvalue weighted by atomic mass is 10.0. The lowest BCUT2D eigenvalue weighted by molar-refractivity contribution is 0.101. The Kier molecular flexibility index (Phi) is 8.10. The highest BCUT2D eigenvalue weighted by Gasteiger charge is 2.12. The van der Waals surface area contributed by atoms with E-state index in [0.29, 0.717) is 23.8 Å². The number of ketones is 1. The molecule has 2 heteroatoms. The summed E-state index contributed by atoms with van der Waals surface area (Å²) in [5.74, 6) is 1.15. The number of hydrogen-bond acceptors (Lipinski definition) is 2. The molecule has 2 rings (SSSR count). The molecule has 0 N–H and O–H groups in total. The van der Waals surface area contributed by atoms with Crippen LogP contribution in [0.5, 0.6) is 5.75 Å². The standard InChI is InChI=1S/C19H22O2.C2H6/c1-14(12-17-9-5-4-6-10-17)13-21-18-11-7-8-15(2)19(18)16(3)20;1-2/h4-11,14H,12-13H2,1-3H3;1-2H3. The van der Waals surface area contributed by atoms with Gasteiger partial charge in [0.25, 0.3) is 0 Å². The van der Waals surface area contributed by atoms with E-state index in [9.17, 15) is 4.79 Å². The minimum Gasteiger partial charge on any atom is -0.493 e. The van der Waals surface area contributed by atoms with Crippen molar-refractivity contribution in [3.05, 3.63) is 65.2 Å². The summed E-state index contributed by atoms with van der Waals surface area (Å²) in [6.45, 7) is 10.3. The Balaban J connectivity index is 0.00000127. The summed E-state index contributed by atoms with van der Waals surface area (Å²) < 4.78 is 5.89. The molecule has 0 heterocycles. The van der Waals surface area contributed by atoms with Gasteiger partial charge in [-0.25, -0.2) is 0 Å². The van der Waals surface area contributed by atoms with E-state index in [4.69, 9.17) is 4.74 Å². The quantitative estimate of drug-likeness (QED) is 0.660. The molecule has 2 aromatic rings. The van der Waals surface area contributed by atoms with Crippen LogP contribution in [0.25, 0.3) is 0 Å². The van der Waals surface area contributed by atoms with E-state index in [2.05, 4.69) is 31.2 Å². The van der Waals surface area contributed by atoms with E-state index in [1.807, 2.05) is 45.0 Å². The molecular weight excluding hydrogens is 284 g/mol. The molecule has 23 heavy (non-hydrogen) atoms. The van der Waals surface area contributed by atoms with E-state index < -0.39 is 0 Å². The fourth-order valence-corrected chi connectivity index (χ4v) is 2.52. The van der Waals surface area contributed by atoms with Crippen LogP contribution in [-0.2, 0) is 6.42 Å². The van der Waals surface area contributed by atoms with Gasteiger partial charge in [-0.15, -0.1) is 0 Å². The summed E-state index contributed by atoms with van der Waals surface area (Å²) in [6, 6.07) is 16.1. The number of carbonyl (C=O) groups excluding carboxylic acids is 1. The van der Waals surface area contributed by atoms with E-state index in [-0.39, 0.29) is 5.78 Å². The molecule has 0 radical (unpaired) electrons. The molecule has 0 aliphatic heterocycles. The normalized spacial score (nSPS) is 11.2. The van der Waals surface area contributed by atoms with Gasteiger partial charge >= 0.3 is 0 Å². The molecule has 0 saturated carbocycles. The molecular formula is C21H28O2. The van der Waals surface area contributed by atoms with Crippen LogP contribution in [0.1, 0.15) is 49.2 Å². The Morgan fingerprint density at radius 1 is 1.04 bits per heavy atom. The summed E-state index contributed by atoms with van der Waals surface area (Å²) in [6.07, 6.45) is 0.974. The summed E-state index contributed by atoms with van der Waals surface area (Å²) in [5, 5.41) is 0. The maximum absolute atomic E-state index is 11.7. The molecule has 1 unspecified atom stereocenters. The maximum Gasteiger partial charge on any atom is 0.163 e. The van der Waals surface area contributed by atoms with Crippen LogP contribution in [0.3, 0.4) is 0 Å². The van der Waals surface area contributed by atoms with Crippen LogP contribution >= 0.6 is 0 Å². The molecule has 0 aromatic heterocycles. The third-order valence-corrected chi connectivity index (χ3v) is 3.54. The van der Waals surface area contributed by atoms with Crippen molar-refractivity contribution in [1.82, 2.24) is 0 Å². The Hall–Kier alpha value is -2.09. The molecule has 2 nitrogen and oxygen atoms in total. The van der Waals surface area contributed by atoms with Crippen molar-refractivity contribution in [3.63, 3.8) is 0 Å². The van der Waals surface area contributed by atoms with Gasteiger partial charge in [-0.2, -0.15) is 0 Å². The zero-order valence-corrected chi connectivity index (χ0v) is 14.9. The molecule has 0 fully saturated rings. The third-order valence-electron chi connectivity index (χ3n) is 3.54. The molecule has 0 amide bonds. The molecule has 124 valence electrons. The van der Waals surface area contributed by atoms with Crippen molar-refractivity contribution < 1.29 is 9.53 Å². The van der Waals surface area contributed by atoms with Crippen LogP contribution in [0, 0.1) is 12.8 Å². The highest BCUT2D eigenvalue weighted by molar-refractivity contribution is 5.98. The molecule has 0 spiro atoms. The predicted molar refractivity (Wildman–Crippen MR) is 97.3 cm³/mol. The topological polar surface area (TPSA) is 26.3 Å². The molecule has 0 aliphatic carbocycles. The van der Waals surface area contributed by atoms with E-state index in [1.165, 1.54) is 5.56 Å². The number of ether oxygens (including phenoxy) is 1. The number of rotatable bonds is 6. The van der Waals surface area contributed by atoms with Gasteiger partial charge in [0.1, 0.15) is 5.75 Å². The summed E-state index contributed by atoms with van der Waals surface area (Å²) in [7, 11) is 0. The van der Waals surface area contributed by atoms with Crippen LogP contribution in [-0.4, -0.2) is 12.4 Å². The highest BCUT2D eigenvalue weighted by Crippen LogP contribution is 2.23. The van der Waals surface area contributed by atoms with Crippen LogP contribution in [0.2, 0.25) is 0 Å². The molecule has 0 aliphatic rings. The van der Waals surface area contributed by atoms with Gasteiger partial charge in [-0.3, -0.25) is 4.79 Å². The van der Waals surface area contributed by atoms with Crippen molar-refractivity contribution in [3.8, 4) is 5.75 Å². The lowest BCUT2D eigenvalue weighted by Crippen LogP contribution is -2.13. The van der Waals surface area contributed by atoms with Gasteiger partial charge in [-0.05, 0) is 43.4 Å². The van der Waals surface area contributed by atoms with E-state index in [1.54, 1.807) is 6.92 Å². The minimum absolute atomic E-state index is 0.0545. The monoisotopic (exact) mass is 312 g/mol. The molecule has 0 bridgehead atoms. The first-order chi connectivity index (χ1) is 11.1. The van der Waals surface area contributed by atoms with Gasteiger partial charge in [0.15, 0.2) is 5.78 Å². The van der Waals surface area contributed by atoms with Gasteiger partial charge < -0.3 is 4.74 Å². The third kappa shape index (κ3) is 5.90. The number of hydrogen-bond donors (Lipinski definition) is 0. The van der Waals surface area contributed by atoms with E-state index >= 15 is 0 Å². The summed E-state index contributed by atoms with van der Waals surface area (Å²) >= 11 is 0. The average Bonchev–Trinajstić information content (AvgIpc) is 2.55. The number of aryl methyl sites for hydroxylation is 1. The lowest BCUT2D eigenvalue weighted by Gasteiger charge is -2.16. The summed E-state index contributed by atoms with van der Waals surface area (Å²) in [4.78, 5) is 11.7. The van der Waals surface area contributed by atoms with Gasteiger partial charge in [0, 0.05) is 0 Å². The van der Waals surface area contributed by atoms with Crippen molar-refractivity contribution >= 4 is 5.78 Å². The zero-order chi connectivity index (χ0) is 17.2. The van der Waals surface area contributed by atoms with Crippen molar-refractivity contribution in [2.75, 3.05) is 6.61 Å². The van der Waals surface area contributed by atoms with E-state index in [0.717, 1.165) is 12.0 Å². The van der Waals surface area contributed by atoms with Crippen LogP contribution < -0.4 is 4.74 Å². The Morgan fingerprint density at radius 3 is 2.30 bits per heavy atom. The van der Waals surface area contributed by atoms with Crippen molar-refractivity contribution in [1.29, 1.82) is 0 Å². The van der Waals surface area contributed by atoms with Gasteiger partial charge in [-0.1, -0.05) is 63.2 Å². The molecule has 2 aromatic carbocycles. The van der Waals surface area contributed by atoms with Crippen molar-refractivity contribution in [2.45, 2.75) is 41.0 Å². The first kappa shape index (κ1) is 19.0. The number of benzene rings is 2. The Bertz CT molecular complexity index is 602. The first-order valence-corrected chi connectivity index (χ1v) is 8.35. The molecule has 0 saturated heterocycles. The summed E-state index contributed by atoms with van der Waals surface area (Å²) in [5.41, 5.74) is 2.98. The van der Waals surface area contributed by atoms with Gasteiger partial charge in [0.2, 0.25) is 0 Å². The zero-order valence-electron chi connectivity index (χ0n) is 14.9. The predicted octanol–water partition coefficient (Wildman–Crippen LogP) is 5.48. The highest BCUT2D eigenvalue weighted by atomic mass is 16.5. The SMILES string of the molecule is CC.CC(=O)c1c(C)cccc1OCC(C)Cc1ccccc1. The smallest absolute Gasteiger partial charge is 0.163 e. The first-order valence-electron chi connectivity index (χ1n) is 8.35. The largest absolute Gasteiger partial charge is 0.493 e. The number of Topliss-reactive ketones (excluding diaryl/α,β-unsaturated/α-hetero) is 1. The van der Waals surface area contributed by atoms with Crippen LogP contribution in [0.15, 0.2) is 48.5 Å². The Morgan fingerprint density at radius 2 is 1.70 bits per heavy atom. The second-order valence-corrected chi connectivity index (χ2v) is 5.61. The van der Waals surface area contributed by atoms with Crippen molar-refractivity contribution in [2.24, 2.45) is 5.92 Å². The Labute approximate surface area is 140 Å².